The van der Waals surface area contributed by atoms with E-state index in [1.165, 1.54) is 0 Å². The molecule has 7 nitrogen and oxygen atoms in total. The number of methoxy groups -OCH3 is 1. The Hall–Kier alpha value is -2.58. The van der Waals surface area contributed by atoms with Gasteiger partial charge in [0, 0.05) is 19.6 Å². The topological polar surface area (TPSA) is 84.9 Å². The highest BCUT2D eigenvalue weighted by Gasteiger charge is 2.24. The minimum Gasteiger partial charge on any atom is -0.497 e. The fourth-order valence-electron chi connectivity index (χ4n) is 3.50. The maximum atomic E-state index is 12.3. The zero-order valence-electron chi connectivity index (χ0n) is 17.8. The second kappa shape index (κ2) is 11.2. The van der Waals surface area contributed by atoms with Crippen LogP contribution in [0.4, 0.5) is 0 Å². The zero-order valence-corrected chi connectivity index (χ0v) is 18.6. The molecule has 2 aromatic rings. The van der Waals surface area contributed by atoms with Crippen molar-refractivity contribution < 1.29 is 22.7 Å². The van der Waals surface area contributed by atoms with Crippen molar-refractivity contribution in [1.29, 1.82) is 0 Å². The summed E-state index contributed by atoms with van der Waals surface area (Å²) in [5, 5.41) is 0. The molecule has 0 atom stereocenters. The summed E-state index contributed by atoms with van der Waals surface area (Å²) in [6, 6.07) is 16.7. The molecule has 1 amide bonds. The number of piperidine rings is 1. The number of rotatable bonds is 10. The fraction of sp³-hybridized carbons (Fsp3) is 0.435. The van der Waals surface area contributed by atoms with Crippen LogP contribution in [0.5, 0.6) is 11.5 Å². The normalized spacial score (nSPS) is 14.9. The van der Waals surface area contributed by atoms with Crippen molar-refractivity contribution in [3.63, 3.8) is 0 Å². The Morgan fingerprint density at radius 1 is 1.03 bits per heavy atom. The number of likely N-dealkylation sites (tertiary alicyclic amines) is 1. The van der Waals surface area contributed by atoms with Crippen molar-refractivity contribution in [2.45, 2.75) is 19.3 Å². The van der Waals surface area contributed by atoms with Gasteiger partial charge in [-0.3, -0.25) is 4.79 Å². The van der Waals surface area contributed by atoms with Crippen LogP contribution in [0.2, 0.25) is 0 Å². The van der Waals surface area contributed by atoms with E-state index in [0.29, 0.717) is 31.8 Å². The average Bonchev–Trinajstić information content (AvgIpc) is 2.81. The van der Waals surface area contributed by atoms with Crippen molar-refractivity contribution in [3.8, 4) is 11.5 Å². The van der Waals surface area contributed by atoms with E-state index in [1.807, 2.05) is 54.6 Å². The average molecular weight is 447 g/mol. The fourth-order valence-corrected chi connectivity index (χ4v) is 4.64. The van der Waals surface area contributed by atoms with Gasteiger partial charge in [0.05, 0.1) is 12.9 Å². The van der Waals surface area contributed by atoms with E-state index in [-0.39, 0.29) is 24.2 Å². The van der Waals surface area contributed by atoms with Gasteiger partial charge in [0.2, 0.25) is 10.0 Å². The van der Waals surface area contributed by atoms with Gasteiger partial charge < -0.3 is 14.4 Å². The van der Waals surface area contributed by atoms with Crippen LogP contribution in [0.1, 0.15) is 18.4 Å². The number of para-hydroxylation sites is 1. The molecule has 1 fully saturated rings. The molecule has 0 bridgehead atoms. The Bertz CT molecular complexity index is 924. The first kappa shape index (κ1) is 23.1. The minimum absolute atomic E-state index is 0.0205. The minimum atomic E-state index is -3.35. The molecule has 168 valence electrons. The number of hydrogen-bond acceptors (Lipinski definition) is 5. The summed E-state index contributed by atoms with van der Waals surface area (Å²) in [5.74, 6) is 1.67. The van der Waals surface area contributed by atoms with Crippen LogP contribution in [0.15, 0.2) is 54.6 Å². The summed E-state index contributed by atoms with van der Waals surface area (Å²) in [6.07, 6.45) is 2.00. The molecule has 1 aliphatic heterocycles. The van der Waals surface area contributed by atoms with Gasteiger partial charge in [-0.2, -0.15) is 0 Å². The SMILES string of the molecule is COc1ccc(CCS(=O)(=O)NCC2CCN(C(=O)COc3ccccc3)CC2)cc1. The molecule has 1 heterocycles. The summed E-state index contributed by atoms with van der Waals surface area (Å²) in [4.78, 5) is 14.1. The number of carbonyl (C=O) groups is 1. The number of benzene rings is 2. The Morgan fingerprint density at radius 3 is 2.35 bits per heavy atom. The second-order valence-electron chi connectivity index (χ2n) is 7.69. The Labute approximate surface area is 184 Å². The first-order valence-electron chi connectivity index (χ1n) is 10.5. The molecule has 1 N–H and O–H groups in total. The van der Waals surface area contributed by atoms with E-state index in [9.17, 15) is 13.2 Å². The summed E-state index contributed by atoms with van der Waals surface area (Å²) in [6.45, 7) is 1.67. The van der Waals surface area contributed by atoms with Gasteiger partial charge in [0.15, 0.2) is 6.61 Å². The summed E-state index contributed by atoms with van der Waals surface area (Å²) in [7, 11) is -1.75. The molecule has 0 spiro atoms. The van der Waals surface area contributed by atoms with Crippen molar-refractivity contribution in [2.75, 3.05) is 39.1 Å². The highest BCUT2D eigenvalue weighted by Crippen LogP contribution is 2.18. The van der Waals surface area contributed by atoms with Gasteiger partial charge in [-0.15, -0.1) is 0 Å². The number of sulfonamides is 1. The van der Waals surface area contributed by atoms with Gasteiger partial charge in [0.25, 0.3) is 5.91 Å². The van der Waals surface area contributed by atoms with E-state index in [1.54, 1.807) is 12.0 Å². The molecular formula is C23H30N2O5S. The van der Waals surface area contributed by atoms with Crippen LogP contribution in [0.25, 0.3) is 0 Å². The van der Waals surface area contributed by atoms with Crippen LogP contribution in [0, 0.1) is 5.92 Å². The van der Waals surface area contributed by atoms with E-state index in [0.717, 1.165) is 24.2 Å². The van der Waals surface area contributed by atoms with Gasteiger partial charge in [0.1, 0.15) is 11.5 Å². The Balaban J connectivity index is 1.35. The van der Waals surface area contributed by atoms with Crippen molar-refractivity contribution >= 4 is 15.9 Å². The van der Waals surface area contributed by atoms with Gasteiger partial charge in [-0.05, 0) is 55.0 Å². The molecule has 31 heavy (non-hydrogen) atoms. The quantitative estimate of drug-likeness (QED) is 0.606. The lowest BCUT2D eigenvalue weighted by Crippen LogP contribution is -2.43. The van der Waals surface area contributed by atoms with E-state index >= 15 is 0 Å². The summed E-state index contributed by atoms with van der Waals surface area (Å²) < 4.78 is 38.1. The maximum absolute atomic E-state index is 12.3. The Kier molecular flexibility index (Phi) is 8.31. The van der Waals surface area contributed by atoms with Crippen molar-refractivity contribution in [3.05, 3.63) is 60.2 Å². The highest BCUT2D eigenvalue weighted by molar-refractivity contribution is 7.89. The molecule has 1 saturated heterocycles. The largest absolute Gasteiger partial charge is 0.497 e. The van der Waals surface area contributed by atoms with Crippen LogP contribution in [-0.4, -0.2) is 58.3 Å². The lowest BCUT2D eigenvalue weighted by molar-refractivity contribution is -0.134. The van der Waals surface area contributed by atoms with Crippen LogP contribution in [0.3, 0.4) is 0 Å². The highest BCUT2D eigenvalue weighted by atomic mass is 32.2. The first-order valence-corrected chi connectivity index (χ1v) is 12.2. The van der Waals surface area contributed by atoms with Gasteiger partial charge in [-0.1, -0.05) is 30.3 Å². The molecule has 2 aromatic carbocycles. The predicted molar refractivity (Wildman–Crippen MR) is 120 cm³/mol. The monoisotopic (exact) mass is 446 g/mol. The van der Waals surface area contributed by atoms with Gasteiger partial charge in [-0.25, -0.2) is 13.1 Å². The van der Waals surface area contributed by atoms with E-state index in [4.69, 9.17) is 9.47 Å². The molecule has 0 radical (unpaired) electrons. The number of nitrogens with zero attached hydrogens (tertiary/aromatic N) is 1. The van der Waals surface area contributed by atoms with Crippen LogP contribution < -0.4 is 14.2 Å². The number of amides is 1. The van der Waals surface area contributed by atoms with Crippen molar-refractivity contribution in [1.82, 2.24) is 9.62 Å². The number of aryl methyl sites for hydroxylation is 1. The summed E-state index contributed by atoms with van der Waals surface area (Å²) >= 11 is 0. The second-order valence-corrected chi connectivity index (χ2v) is 9.62. The number of nitrogens with one attached hydrogen (secondary N) is 1. The molecular weight excluding hydrogens is 416 g/mol. The van der Waals surface area contributed by atoms with Crippen LogP contribution in [-0.2, 0) is 21.2 Å². The summed E-state index contributed by atoms with van der Waals surface area (Å²) in [5.41, 5.74) is 0.954. The van der Waals surface area contributed by atoms with E-state index in [2.05, 4.69) is 4.72 Å². The molecule has 8 heteroatoms. The number of hydrogen-bond donors (Lipinski definition) is 1. The Morgan fingerprint density at radius 2 is 1.71 bits per heavy atom. The third-order valence-electron chi connectivity index (χ3n) is 5.48. The third-order valence-corrected chi connectivity index (χ3v) is 6.83. The molecule has 0 unspecified atom stereocenters. The predicted octanol–water partition coefficient (Wildman–Crippen LogP) is 2.47. The molecule has 3 rings (SSSR count). The van der Waals surface area contributed by atoms with E-state index < -0.39 is 10.0 Å². The molecule has 0 aromatic heterocycles. The molecule has 0 aliphatic carbocycles. The maximum Gasteiger partial charge on any atom is 0.260 e. The molecule has 1 aliphatic rings. The number of ether oxygens (including phenoxy) is 2. The third kappa shape index (κ3) is 7.56. The lowest BCUT2D eigenvalue weighted by Gasteiger charge is -2.32. The smallest absolute Gasteiger partial charge is 0.260 e. The zero-order chi connectivity index (χ0) is 22.1. The lowest BCUT2D eigenvalue weighted by atomic mass is 9.97. The standard InChI is InChI=1S/C23H30N2O5S/c1-29-21-9-7-19(8-10-21)13-16-31(27,28)24-17-20-11-14-25(15-12-20)23(26)18-30-22-5-3-2-4-6-22/h2-10,20,24H,11-18H2,1H3. The number of carbonyl (C=O) groups excluding carboxylic acids is 1. The van der Waals surface area contributed by atoms with Crippen molar-refractivity contribution in [2.24, 2.45) is 5.92 Å². The molecule has 0 saturated carbocycles. The van der Waals surface area contributed by atoms with Gasteiger partial charge >= 0.3 is 0 Å². The first-order chi connectivity index (χ1) is 14.9. The van der Waals surface area contributed by atoms with Crippen LogP contribution >= 0.6 is 0 Å².